The highest BCUT2D eigenvalue weighted by molar-refractivity contribution is 7.16. The minimum absolute atomic E-state index is 0.807. The number of aromatic nitrogens is 4. The van der Waals surface area contributed by atoms with Gasteiger partial charge in [0, 0.05) is 6.42 Å². The largest absolute Gasteiger partial charge is 0.296 e. The monoisotopic (exact) mass is 329 g/mol. The lowest BCUT2D eigenvalue weighted by Crippen LogP contribution is -2.23. The van der Waals surface area contributed by atoms with E-state index in [1.54, 1.807) is 11.3 Å². The first-order chi connectivity index (χ1) is 11.3. The van der Waals surface area contributed by atoms with E-state index in [0.717, 1.165) is 54.7 Å². The van der Waals surface area contributed by atoms with Crippen LogP contribution < -0.4 is 0 Å². The van der Waals surface area contributed by atoms with Crippen LogP contribution in [0.15, 0.2) is 30.3 Å². The quantitative estimate of drug-likeness (QED) is 0.637. The van der Waals surface area contributed by atoms with E-state index in [1.165, 1.54) is 5.56 Å². The molecule has 0 aliphatic rings. The molecular weight excluding hydrogens is 306 g/mol. The second-order valence-corrected chi connectivity index (χ2v) is 6.65. The first-order valence-corrected chi connectivity index (χ1v) is 9.08. The van der Waals surface area contributed by atoms with Gasteiger partial charge in [-0.2, -0.15) is 9.61 Å². The van der Waals surface area contributed by atoms with Gasteiger partial charge in [0.1, 0.15) is 5.01 Å². The van der Waals surface area contributed by atoms with E-state index >= 15 is 0 Å². The number of hydrogen-bond donors (Lipinski definition) is 0. The highest BCUT2D eigenvalue weighted by atomic mass is 32.1. The molecule has 5 nitrogen and oxygen atoms in total. The number of aryl methyl sites for hydroxylation is 2. The summed E-state index contributed by atoms with van der Waals surface area (Å²) in [6, 6.07) is 10.6. The predicted octanol–water partition coefficient (Wildman–Crippen LogP) is 3.20. The maximum Gasteiger partial charge on any atom is 0.234 e. The van der Waals surface area contributed by atoms with Gasteiger partial charge < -0.3 is 0 Å². The van der Waals surface area contributed by atoms with E-state index in [9.17, 15) is 0 Å². The van der Waals surface area contributed by atoms with E-state index in [1.807, 2.05) is 4.52 Å². The molecular formula is C17H23N5S. The zero-order valence-electron chi connectivity index (χ0n) is 13.8. The van der Waals surface area contributed by atoms with Gasteiger partial charge in [0.05, 0.1) is 6.54 Å². The van der Waals surface area contributed by atoms with E-state index in [0.29, 0.717) is 0 Å². The molecule has 122 valence electrons. The van der Waals surface area contributed by atoms with Crippen LogP contribution in [0.5, 0.6) is 0 Å². The van der Waals surface area contributed by atoms with Crippen LogP contribution in [-0.4, -0.2) is 37.8 Å². The summed E-state index contributed by atoms with van der Waals surface area (Å²) < 4.78 is 1.92. The maximum absolute atomic E-state index is 4.71. The smallest absolute Gasteiger partial charge is 0.234 e. The molecule has 0 atom stereocenters. The average Bonchev–Trinajstić information content (AvgIpc) is 3.14. The van der Waals surface area contributed by atoms with Crippen LogP contribution >= 0.6 is 11.3 Å². The number of benzene rings is 1. The van der Waals surface area contributed by atoms with Crippen molar-refractivity contribution >= 4 is 16.3 Å². The minimum Gasteiger partial charge on any atom is -0.296 e. The Labute approximate surface area is 141 Å². The molecule has 0 spiro atoms. The summed E-state index contributed by atoms with van der Waals surface area (Å²) in [5.74, 6) is 0.939. The van der Waals surface area contributed by atoms with Crippen molar-refractivity contribution in [2.24, 2.45) is 0 Å². The van der Waals surface area contributed by atoms with Gasteiger partial charge in [-0.15, -0.1) is 10.2 Å². The fraction of sp³-hybridized carbons (Fsp3) is 0.471. The third-order valence-electron chi connectivity index (χ3n) is 4.06. The lowest BCUT2D eigenvalue weighted by Gasteiger charge is -2.15. The van der Waals surface area contributed by atoms with Crippen LogP contribution in [0.4, 0.5) is 0 Å². The molecule has 2 aromatic heterocycles. The molecule has 23 heavy (non-hydrogen) atoms. The molecule has 3 rings (SSSR count). The van der Waals surface area contributed by atoms with Gasteiger partial charge in [0.2, 0.25) is 4.96 Å². The van der Waals surface area contributed by atoms with Crippen LogP contribution in [0.3, 0.4) is 0 Å². The molecule has 3 aromatic rings. The van der Waals surface area contributed by atoms with Gasteiger partial charge in [0.15, 0.2) is 5.82 Å². The maximum atomic E-state index is 4.71. The molecule has 0 aliphatic heterocycles. The van der Waals surface area contributed by atoms with Gasteiger partial charge in [0.25, 0.3) is 0 Å². The predicted molar refractivity (Wildman–Crippen MR) is 93.8 cm³/mol. The van der Waals surface area contributed by atoms with Crippen molar-refractivity contribution in [3.8, 4) is 0 Å². The van der Waals surface area contributed by atoms with E-state index in [-0.39, 0.29) is 0 Å². The van der Waals surface area contributed by atoms with Gasteiger partial charge in [-0.25, -0.2) is 0 Å². The Morgan fingerprint density at radius 3 is 2.57 bits per heavy atom. The summed E-state index contributed by atoms with van der Waals surface area (Å²) in [5, 5.41) is 14.4. The van der Waals surface area contributed by atoms with Gasteiger partial charge in [-0.1, -0.05) is 55.5 Å². The zero-order valence-corrected chi connectivity index (χ0v) is 14.6. The molecule has 0 unspecified atom stereocenters. The Bertz CT molecular complexity index is 730. The molecule has 0 N–H and O–H groups in total. The fourth-order valence-corrected chi connectivity index (χ4v) is 3.53. The highest BCUT2D eigenvalue weighted by Crippen LogP contribution is 2.17. The van der Waals surface area contributed by atoms with E-state index in [4.69, 9.17) is 5.10 Å². The molecule has 0 fully saturated rings. The standard InChI is InChI=1S/C17H23N5S/c1-3-21(4-2)13-15-18-19-17-22(15)20-16(23-17)12-8-11-14-9-6-5-7-10-14/h5-7,9-10H,3-4,8,11-13H2,1-2H3. The SMILES string of the molecule is CCN(CC)Cc1nnc2sc(CCCc3ccccc3)nn12. The zero-order chi connectivity index (χ0) is 16.1. The molecule has 0 saturated heterocycles. The number of rotatable bonds is 8. The highest BCUT2D eigenvalue weighted by Gasteiger charge is 2.13. The Hall–Kier alpha value is -1.79. The summed E-state index contributed by atoms with van der Waals surface area (Å²) in [4.78, 5) is 3.23. The third kappa shape index (κ3) is 3.95. The average molecular weight is 329 g/mol. The van der Waals surface area contributed by atoms with Gasteiger partial charge in [-0.05, 0) is 31.5 Å². The van der Waals surface area contributed by atoms with Crippen LogP contribution in [-0.2, 0) is 19.4 Å². The summed E-state index contributed by atoms with van der Waals surface area (Å²) >= 11 is 1.66. The second-order valence-electron chi connectivity index (χ2n) is 5.61. The summed E-state index contributed by atoms with van der Waals surface area (Å²) in [6.07, 6.45) is 3.19. The molecule has 2 heterocycles. The molecule has 0 bridgehead atoms. The lowest BCUT2D eigenvalue weighted by atomic mass is 10.1. The van der Waals surface area contributed by atoms with Crippen molar-refractivity contribution in [1.29, 1.82) is 0 Å². The topological polar surface area (TPSA) is 46.3 Å². The van der Waals surface area contributed by atoms with E-state index < -0.39 is 0 Å². The number of hydrogen-bond acceptors (Lipinski definition) is 5. The number of fused-ring (bicyclic) bond motifs is 1. The number of nitrogens with zero attached hydrogens (tertiary/aromatic N) is 5. The van der Waals surface area contributed by atoms with Crippen molar-refractivity contribution < 1.29 is 0 Å². The third-order valence-corrected chi connectivity index (χ3v) is 5.01. The van der Waals surface area contributed by atoms with Crippen molar-refractivity contribution in [2.75, 3.05) is 13.1 Å². The van der Waals surface area contributed by atoms with Crippen molar-refractivity contribution in [3.63, 3.8) is 0 Å². The Balaban J connectivity index is 1.63. The first-order valence-electron chi connectivity index (χ1n) is 8.26. The molecule has 1 aromatic carbocycles. The fourth-order valence-electron chi connectivity index (χ4n) is 2.63. The first kappa shape index (κ1) is 16.1. The summed E-state index contributed by atoms with van der Waals surface area (Å²) in [5.41, 5.74) is 1.39. The van der Waals surface area contributed by atoms with Crippen molar-refractivity contribution in [3.05, 3.63) is 46.7 Å². The minimum atomic E-state index is 0.807. The summed E-state index contributed by atoms with van der Waals surface area (Å²) in [7, 11) is 0. The van der Waals surface area contributed by atoms with Gasteiger partial charge >= 0.3 is 0 Å². The summed E-state index contributed by atoms with van der Waals surface area (Å²) in [6.45, 7) is 7.16. The van der Waals surface area contributed by atoms with Crippen molar-refractivity contribution in [1.82, 2.24) is 24.7 Å². The second kappa shape index (κ2) is 7.66. The normalized spacial score (nSPS) is 11.6. The van der Waals surface area contributed by atoms with Crippen molar-refractivity contribution in [2.45, 2.75) is 39.7 Å². The Morgan fingerprint density at radius 1 is 1.04 bits per heavy atom. The van der Waals surface area contributed by atoms with Crippen LogP contribution in [0.2, 0.25) is 0 Å². The molecule has 0 amide bonds. The molecule has 6 heteroatoms. The lowest BCUT2D eigenvalue weighted by molar-refractivity contribution is 0.286. The molecule has 0 radical (unpaired) electrons. The van der Waals surface area contributed by atoms with E-state index in [2.05, 4.69) is 59.3 Å². The Morgan fingerprint density at radius 2 is 1.83 bits per heavy atom. The van der Waals surface area contributed by atoms with Crippen LogP contribution in [0.25, 0.3) is 4.96 Å². The van der Waals surface area contributed by atoms with Gasteiger partial charge in [-0.3, -0.25) is 4.90 Å². The Kier molecular flexibility index (Phi) is 5.35. The molecule has 0 saturated carbocycles. The molecule has 0 aliphatic carbocycles. The van der Waals surface area contributed by atoms with Crippen LogP contribution in [0.1, 0.15) is 36.7 Å². The van der Waals surface area contributed by atoms with Crippen LogP contribution in [0, 0.1) is 0 Å².